The summed E-state index contributed by atoms with van der Waals surface area (Å²) in [5.41, 5.74) is 2.74. The number of thiophene rings is 1. The summed E-state index contributed by atoms with van der Waals surface area (Å²) in [6.07, 6.45) is 1.03. The molecule has 2 unspecified atom stereocenters. The summed E-state index contributed by atoms with van der Waals surface area (Å²) in [5, 5.41) is 5.32. The van der Waals surface area contributed by atoms with Gasteiger partial charge in [0.05, 0.1) is 0 Å². The van der Waals surface area contributed by atoms with Crippen molar-refractivity contribution in [2.45, 2.75) is 6.42 Å². The zero-order chi connectivity index (χ0) is 30.8. The Kier molecular flexibility index (Phi) is 11.4. The standard InChI is InChI=1S/C24H16O2P2S.C13H12.H4P2.H2/c25-27-17-11-13-23-21(15-17)22-16-20(12-14-24(22)29-23)28(26,18-7-3-1-4-8-18)19-9-5-2-6-10-19;1-3-7-12(8-4-1)11-13-9-5-2-6-10-13;1-2;/h1-16H;1-10H,11H2;1-2H2;1H/i;;;1+2. The molecule has 0 radical (unpaired) electrons. The topological polar surface area (TPSA) is 34.1 Å². The van der Waals surface area contributed by atoms with Gasteiger partial charge in [-0.05, 0) is 53.9 Å². The van der Waals surface area contributed by atoms with Crippen LogP contribution in [0.5, 0.6) is 0 Å². The van der Waals surface area contributed by atoms with Crippen molar-refractivity contribution in [2.24, 2.45) is 0 Å². The minimum Gasteiger partial charge on any atom is -0.309 e. The van der Waals surface area contributed by atoms with Crippen molar-refractivity contribution in [2.75, 3.05) is 0 Å². The maximum atomic E-state index is 14.6. The molecule has 220 valence electrons. The molecule has 7 rings (SSSR count). The highest BCUT2D eigenvalue weighted by Gasteiger charge is 2.30. The van der Waals surface area contributed by atoms with E-state index in [9.17, 15) is 9.13 Å². The first kappa shape index (κ1) is 32.1. The van der Waals surface area contributed by atoms with E-state index >= 15 is 0 Å². The van der Waals surface area contributed by atoms with Crippen LogP contribution in [0.3, 0.4) is 0 Å². The van der Waals surface area contributed by atoms with Crippen LogP contribution >= 0.6 is 44.8 Å². The van der Waals surface area contributed by atoms with Gasteiger partial charge in [0.15, 0.2) is 15.6 Å². The summed E-state index contributed by atoms with van der Waals surface area (Å²) >= 11 is 1.70. The van der Waals surface area contributed by atoms with E-state index in [0.717, 1.165) is 47.8 Å². The molecule has 7 heteroatoms. The second-order valence-corrected chi connectivity index (χ2v) is 14.5. The van der Waals surface area contributed by atoms with Crippen molar-refractivity contribution in [3.63, 3.8) is 0 Å². The zero-order valence-electron chi connectivity index (χ0n) is 24.0. The summed E-state index contributed by atoms with van der Waals surface area (Å²) in [5.74, 6) is 0. The first-order chi connectivity index (χ1) is 21.6. The van der Waals surface area contributed by atoms with Gasteiger partial charge in [0.1, 0.15) is 0 Å². The Morgan fingerprint density at radius 2 is 0.977 bits per heavy atom. The van der Waals surface area contributed by atoms with E-state index in [1.165, 1.54) is 11.1 Å². The molecule has 2 nitrogen and oxygen atoms in total. The van der Waals surface area contributed by atoms with Crippen molar-refractivity contribution in [3.05, 3.63) is 169 Å². The maximum Gasteiger partial charge on any atom is 0.192 e. The molecule has 44 heavy (non-hydrogen) atoms. The normalized spacial score (nSPS) is 11.0. The molecule has 1 aromatic heterocycles. The van der Waals surface area contributed by atoms with Crippen LogP contribution in [-0.4, -0.2) is 0 Å². The second kappa shape index (κ2) is 15.6. The lowest BCUT2D eigenvalue weighted by molar-refractivity contribution is 0.592. The Balaban J connectivity index is 0.000000242. The van der Waals surface area contributed by atoms with Crippen LogP contribution in [-0.2, 0) is 15.6 Å². The van der Waals surface area contributed by atoms with Crippen LogP contribution in [0.2, 0.25) is 0 Å². The molecule has 0 aliphatic carbocycles. The largest absolute Gasteiger partial charge is 0.309 e. The lowest BCUT2D eigenvalue weighted by atomic mass is 10.1. The summed E-state index contributed by atoms with van der Waals surface area (Å²) in [6.45, 7) is 0. The molecule has 0 saturated heterocycles. The highest BCUT2D eigenvalue weighted by molar-refractivity contribution is 7.92. The van der Waals surface area contributed by atoms with E-state index in [1.807, 2.05) is 84.9 Å². The van der Waals surface area contributed by atoms with E-state index in [2.05, 4.69) is 90.7 Å². The van der Waals surface area contributed by atoms with Gasteiger partial charge in [-0.15, -0.1) is 29.2 Å². The number of hydrogen-bond donors (Lipinski definition) is 0. The predicted molar refractivity (Wildman–Crippen MR) is 203 cm³/mol. The van der Waals surface area contributed by atoms with Crippen molar-refractivity contribution >= 4 is 86.2 Å². The zero-order valence-corrected chi connectivity index (χ0v) is 28.9. The summed E-state index contributed by atoms with van der Waals surface area (Å²) in [6, 6.07) is 52.4. The molecule has 0 aliphatic heterocycles. The Bertz CT molecular complexity index is 1920. The molecule has 1 heterocycles. The second-order valence-electron chi connectivity index (χ2n) is 9.98. The van der Waals surface area contributed by atoms with Crippen molar-refractivity contribution in [3.8, 4) is 0 Å². The van der Waals surface area contributed by atoms with Crippen LogP contribution in [0.4, 0.5) is 0 Å². The van der Waals surface area contributed by atoms with Gasteiger partial charge in [-0.1, -0.05) is 121 Å². The van der Waals surface area contributed by atoms with Gasteiger partial charge < -0.3 is 4.57 Å². The third kappa shape index (κ3) is 7.33. The Morgan fingerprint density at radius 3 is 1.45 bits per heavy atom. The number of fused-ring (bicyclic) bond motifs is 3. The van der Waals surface area contributed by atoms with Crippen LogP contribution in [0, 0.1) is 0 Å². The maximum absolute atomic E-state index is 14.6. The molecular formula is C37H34O2P4S. The van der Waals surface area contributed by atoms with Crippen molar-refractivity contribution in [1.82, 2.24) is 0 Å². The Morgan fingerprint density at radius 1 is 0.545 bits per heavy atom. The fourth-order valence-corrected chi connectivity index (χ4v) is 9.21. The Labute approximate surface area is 270 Å². The monoisotopic (exact) mass is 668 g/mol. The van der Waals surface area contributed by atoms with E-state index in [1.54, 1.807) is 11.3 Å². The lowest BCUT2D eigenvalue weighted by Crippen LogP contribution is -2.24. The van der Waals surface area contributed by atoms with E-state index in [0.29, 0.717) is 0 Å². The average Bonchev–Trinajstić information content (AvgIpc) is 3.48. The van der Waals surface area contributed by atoms with Gasteiger partial charge in [0.2, 0.25) is 0 Å². The quantitative estimate of drug-likeness (QED) is 0.165. The van der Waals surface area contributed by atoms with Crippen molar-refractivity contribution in [1.29, 1.82) is 0 Å². The van der Waals surface area contributed by atoms with Gasteiger partial charge in [-0.25, -0.2) is 0 Å². The lowest BCUT2D eigenvalue weighted by Gasteiger charge is -2.20. The summed E-state index contributed by atoms with van der Waals surface area (Å²) in [4.78, 5) is 0. The smallest absolute Gasteiger partial charge is 0.192 e. The third-order valence-corrected chi connectivity index (χ3v) is 11.9. The fourth-order valence-electron chi connectivity index (χ4n) is 5.16. The molecule has 0 fully saturated rings. The average molecular weight is 669 g/mol. The number of benzene rings is 6. The molecular weight excluding hydrogens is 632 g/mol. The van der Waals surface area contributed by atoms with Gasteiger partial charge in [0.25, 0.3) is 0 Å². The van der Waals surface area contributed by atoms with Gasteiger partial charge in [0, 0.05) is 42.8 Å². The molecule has 2 atom stereocenters. The summed E-state index contributed by atoms with van der Waals surface area (Å²) in [7, 11) is 1.66. The highest BCUT2D eigenvalue weighted by atomic mass is 32.1. The molecule has 6 aromatic carbocycles. The number of hydrogen-bond acceptors (Lipinski definition) is 3. The van der Waals surface area contributed by atoms with E-state index in [4.69, 9.17) is 0 Å². The molecule has 0 saturated carbocycles. The molecule has 0 aliphatic rings. The molecule has 0 bridgehead atoms. The van der Waals surface area contributed by atoms with Crippen LogP contribution in [0.25, 0.3) is 20.2 Å². The first-order valence-electron chi connectivity index (χ1n) is 14.1. The third-order valence-electron chi connectivity index (χ3n) is 7.24. The summed E-state index contributed by atoms with van der Waals surface area (Å²) < 4.78 is 28.2. The Hall–Kier alpha value is -3.27. The highest BCUT2D eigenvalue weighted by Crippen LogP contribution is 2.44. The number of rotatable bonds is 6. The van der Waals surface area contributed by atoms with Crippen LogP contribution < -0.4 is 21.2 Å². The predicted octanol–water partition coefficient (Wildman–Crippen LogP) is 9.79. The van der Waals surface area contributed by atoms with Gasteiger partial charge in [-0.2, -0.15) is 0 Å². The molecule has 7 aromatic rings. The molecule has 0 N–H and O–H groups in total. The molecule has 0 spiro atoms. The fraction of sp³-hybridized carbons (Fsp3) is 0.0270. The minimum absolute atomic E-state index is 0. The van der Waals surface area contributed by atoms with E-state index in [-0.39, 0.29) is 9.89 Å². The SMILES string of the molecule is O=Pc1ccc2sc3ccc(P(=O)(c4ccccc4)c4ccccc4)cc3c2c1.PP.[3HH].c1ccc(Cc2ccccc2)cc1. The molecule has 0 amide bonds. The van der Waals surface area contributed by atoms with Gasteiger partial charge >= 0.3 is 0 Å². The van der Waals surface area contributed by atoms with Crippen LogP contribution in [0.1, 0.15) is 12.6 Å². The van der Waals surface area contributed by atoms with Gasteiger partial charge in [-0.3, -0.25) is 4.57 Å². The minimum atomic E-state index is -3.01. The van der Waals surface area contributed by atoms with E-state index < -0.39 is 7.14 Å². The van der Waals surface area contributed by atoms with Crippen LogP contribution in [0.15, 0.2) is 158 Å². The first-order valence-corrected chi connectivity index (χ1v) is 20.1. The van der Waals surface area contributed by atoms with Crippen molar-refractivity contribution < 1.29 is 10.6 Å².